The van der Waals surface area contributed by atoms with Crippen LogP contribution in [0.5, 0.6) is 0 Å². The van der Waals surface area contributed by atoms with Crippen molar-refractivity contribution in [2.24, 2.45) is 5.92 Å². The molecule has 1 fully saturated rings. The predicted octanol–water partition coefficient (Wildman–Crippen LogP) is 5.56. The van der Waals surface area contributed by atoms with E-state index in [-0.39, 0.29) is 0 Å². The van der Waals surface area contributed by atoms with E-state index in [0.717, 1.165) is 5.92 Å². The number of rotatable bonds is 6. The molecule has 94 valence electrons. The van der Waals surface area contributed by atoms with E-state index >= 15 is 0 Å². The van der Waals surface area contributed by atoms with Crippen LogP contribution in [-0.4, -0.2) is 8.07 Å². The average molecular weight is 238 g/mol. The van der Waals surface area contributed by atoms with Crippen LogP contribution in [0.15, 0.2) is 11.8 Å². The Morgan fingerprint density at radius 1 is 1.00 bits per heavy atom. The van der Waals surface area contributed by atoms with Crippen molar-refractivity contribution in [3.63, 3.8) is 0 Å². The highest BCUT2D eigenvalue weighted by Gasteiger charge is 2.31. The molecular formula is C15H30Si. The van der Waals surface area contributed by atoms with Crippen molar-refractivity contribution in [2.45, 2.75) is 77.4 Å². The maximum Gasteiger partial charge on any atom is 0.0799 e. The van der Waals surface area contributed by atoms with Crippen LogP contribution < -0.4 is 0 Å². The van der Waals surface area contributed by atoms with Gasteiger partial charge in [-0.05, 0) is 12.3 Å². The fourth-order valence-corrected chi connectivity index (χ4v) is 7.18. The second-order valence-electron chi connectivity index (χ2n) is 5.65. The summed E-state index contributed by atoms with van der Waals surface area (Å²) in [5.41, 5.74) is 0. The zero-order valence-corrected chi connectivity index (χ0v) is 12.6. The van der Waals surface area contributed by atoms with Gasteiger partial charge in [-0.1, -0.05) is 76.2 Å². The Morgan fingerprint density at radius 3 is 1.94 bits per heavy atom. The number of hydrogen-bond acceptors (Lipinski definition) is 0. The molecule has 0 aliphatic heterocycles. The molecule has 0 bridgehead atoms. The third-order valence-electron chi connectivity index (χ3n) is 5.04. The smallest absolute Gasteiger partial charge is 0.0799 e. The van der Waals surface area contributed by atoms with Crippen molar-refractivity contribution in [3.8, 4) is 0 Å². The van der Waals surface area contributed by atoms with Crippen LogP contribution in [0.1, 0.15) is 59.3 Å². The normalized spacial score (nSPS) is 18.7. The highest BCUT2D eigenvalue weighted by atomic mass is 28.3. The van der Waals surface area contributed by atoms with E-state index in [9.17, 15) is 0 Å². The molecule has 0 nitrogen and oxygen atoms in total. The van der Waals surface area contributed by atoms with Gasteiger partial charge in [0.1, 0.15) is 0 Å². The molecule has 0 N–H and O–H groups in total. The summed E-state index contributed by atoms with van der Waals surface area (Å²) in [4.78, 5) is 0. The zero-order valence-electron chi connectivity index (χ0n) is 11.6. The second kappa shape index (κ2) is 6.63. The van der Waals surface area contributed by atoms with E-state index in [1.165, 1.54) is 56.7 Å². The highest BCUT2D eigenvalue weighted by molar-refractivity contribution is 6.86. The second-order valence-corrected chi connectivity index (χ2v) is 11.0. The quantitative estimate of drug-likeness (QED) is 0.531. The Bertz CT molecular complexity index is 201. The lowest BCUT2D eigenvalue weighted by Gasteiger charge is -2.33. The van der Waals surface area contributed by atoms with Crippen LogP contribution in [0.3, 0.4) is 0 Å². The van der Waals surface area contributed by atoms with E-state index in [4.69, 9.17) is 0 Å². The Hall–Kier alpha value is -0.0431. The molecule has 1 saturated carbocycles. The Balaban J connectivity index is 2.54. The molecule has 1 aliphatic rings. The van der Waals surface area contributed by atoms with Gasteiger partial charge in [-0.3, -0.25) is 0 Å². The van der Waals surface area contributed by atoms with E-state index in [2.05, 4.69) is 27.4 Å². The summed E-state index contributed by atoms with van der Waals surface area (Å²) in [6.45, 7) is 11.7. The van der Waals surface area contributed by atoms with Gasteiger partial charge in [0, 0.05) is 0 Å². The van der Waals surface area contributed by atoms with Crippen molar-refractivity contribution in [3.05, 3.63) is 11.8 Å². The Kier molecular flexibility index (Phi) is 5.81. The predicted molar refractivity (Wildman–Crippen MR) is 77.5 cm³/mol. The maximum atomic E-state index is 4.50. The van der Waals surface area contributed by atoms with Gasteiger partial charge < -0.3 is 0 Å². The zero-order chi connectivity index (χ0) is 12.0. The van der Waals surface area contributed by atoms with Crippen molar-refractivity contribution in [2.75, 3.05) is 0 Å². The fraction of sp³-hybridized carbons (Fsp3) is 0.867. The van der Waals surface area contributed by atoms with Crippen LogP contribution in [0.2, 0.25) is 18.1 Å². The molecule has 1 aliphatic carbocycles. The van der Waals surface area contributed by atoms with Crippen molar-refractivity contribution in [1.29, 1.82) is 0 Å². The third-order valence-corrected chi connectivity index (χ3v) is 10.8. The first-order valence-electron chi connectivity index (χ1n) is 7.36. The lowest BCUT2D eigenvalue weighted by molar-refractivity contribution is 0.359. The van der Waals surface area contributed by atoms with E-state index in [1.807, 2.05) is 0 Å². The van der Waals surface area contributed by atoms with Gasteiger partial charge >= 0.3 is 0 Å². The molecule has 0 aromatic carbocycles. The molecule has 1 heteroatoms. The van der Waals surface area contributed by atoms with E-state index in [1.54, 1.807) is 5.20 Å². The standard InChI is InChI=1S/C15H30Si/c1-5-16(6-2,7-3)14(4)13-15-11-9-8-10-12-15/h15H,4-13H2,1-3H3. The lowest BCUT2D eigenvalue weighted by atomic mass is 9.87. The van der Waals surface area contributed by atoms with Crippen molar-refractivity contribution >= 4 is 8.07 Å². The van der Waals surface area contributed by atoms with Gasteiger partial charge in [-0.2, -0.15) is 0 Å². The van der Waals surface area contributed by atoms with Gasteiger partial charge in [0.05, 0.1) is 8.07 Å². The molecule has 0 unspecified atom stereocenters. The monoisotopic (exact) mass is 238 g/mol. The van der Waals surface area contributed by atoms with Crippen LogP contribution in [-0.2, 0) is 0 Å². The van der Waals surface area contributed by atoms with Crippen LogP contribution in [0.25, 0.3) is 0 Å². The lowest BCUT2D eigenvalue weighted by Crippen LogP contribution is -2.35. The molecule has 0 amide bonds. The molecule has 0 atom stereocenters. The SMILES string of the molecule is C=C(CC1CCCCC1)[Si](CC)(CC)CC. The number of allylic oxidation sites excluding steroid dienone is 1. The first-order chi connectivity index (χ1) is 7.68. The van der Waals surface area contributed by atoms with Crippen LogP contribution in [0, 0.1) is 5.92 Å². The molecule has 0 spiro atoms. The average Bonchev–Trinajstić information content (AvgIpc) is 2.33. The van der Waals surface area contributed by atoms with Gasteiger partial charge in [-0.25, -0.2) is 0 Å². The molecule has 0 heterocycles. The van der Waals surface area contributed by atoms with E-state index < -0.39 is 8.07 Å². The fourth-order valence-electron chi connectivity index (χ4n) is 3.46. The first kappa shape index (κ1) is 14.0. The molecule has 16 heavy (non-hydrogen) atoms. The Morgan fingerprint density at radius 2 is 1.50 bits per heavy atom. The molecule has 0 radical (unpaired) electrons. The van der Waals surface area contributed by atoms with E-state index in [0.29, 0.717) is 0 Å². The third kappa shape index (κ3) is 3.22. The molecule has 0 saturated heterocycles. The highest BCUT2D eigenvalue weighted by Crippen LogP contribution is 2.35. The van der Waals surface area contributed by atoms with Gasteiger partial charge in [-0.15, -0.1) is 6.58 Å². The molecule has 0 aromatic rings. The van der Waals surface area contributed by atoms with Crippen molar-refractivity contribution in [1.82, 2.24) is 0 Å². The van der Waals surface area contributed by atoms with Crippen LogP contribution in [0.4, 0.5) is 0 Å². The largest absolute Gasteiger partial charge is 0.104 e. The minimum absolute atomic E-state index is 0.984. The van der Waals surface area contributed by atoms with Gasteiger partial charge in [0.25, 0.3) is 0 Å². The first-order valence-corrected chi connectivity index (χ1v) is 9.99. The summed E-state index contributed by atoms with van der Waals surface area (Å²) in [5, 5.41) is 1.69. The summed E-state index contributed by atoms with van der Waals surface area (Å²) in [7, 11) is -1.10. The molecule has 1 rings (SSSR count). The van der Waals surface area contributed by atoms with Crippen molar-refractivity contribution < 1.29 is 0 Å². The summed E-state index contributed by atoms with van der Waals surface area (Å²) in [6.07, 6.45) is 8.72. The minimum Gasteiger partial charge on any atom is -0.104 e. The minimum atomic E-state index is -1.10. The maximum absolute atomic E-state index is 4.50. The summed E-state index contributed by atoms with van der Waals surface area (Å²) < 4.78 is 0. The summed E-state index contributed by atoms with van der Waals surface area (Å²) in [6, 6.07) is 4.22. The van der Waals surface area contributed by atoms with Gasteiger partial charge in [0.15, 0.2) is 0 Å². The Labute approximate surface area is 104 Å². The molecule has 0 aromatic heterocycles. The topological polar surface area (TPSA) is 0 Å². The molecular weight excluding hydrogens is 208 g/mol. The van der Waals surface area contributed by atoms with Gasteiger partial charge in [0.2, 0.25) is 0 Å². The summed E-state index contributed by atoms with van der Waals surface area (Å²) in [5.74, 6) is 0.984. The summed E-state index contributed by atoms with van der Waals surface area (Å²) >= 11 is 0. The van der Waals surface area contributed by atoms with Crippen LogP contribution >= 0.6 is 0 Å². The number of hydrogen-bond donors (Lipinski definition) is 0.